The van der Waals surface area contributed by atoms with Crippen molar-refractivity contribution in [2.45, 2.75) is 24.3 Å². The number of amides is 2. The van der Waals surface area contributed by atoms with Gasteiger partial charge in [0.15, 0.2) is 0 Å². The number of rotatable bonds is 7. The van der Waals surface area contributed by atoms with Crippen LogP contribution in [0.4, 0.5) is 13.6 Å². The van der Waals surface area contributed by atoms with Crippen molar-refractivity contribution in [3.8, 4) is 11.1 Å². The number of halogens is 2. The molecule has 2 N–H and O–H groups in total. The maximum Gasteiger partial charge on any atom is 0.329 e. The maximum absolute atomic E-state index is 14.0. The van der Waals surface area contributed by atoms with Crippen LogP contribution in [0.2, 0.25) is 0 Å². The number of urea groups is 1. The van der Waals surface area contributed by atoms with Gasteiger partial charge >= 0.3 is 6.03 Å². The van der Waals surface area contributed by atoms with Crippen LogP contribution in [0, 0.1) is 18.6 Å². The smallest absolute Gasteiger partial charge is 0.329 e. The molecule has 0 bridgehead atoms. The number of fused-ring (bicyclic) bond motifs is 1. The third kappa shape index (κ3) is 5.84. The first-order chi connectivity index (χ1) is 19.1. The monoisotopic (exact) mass is 561 g/mol. The Kier molecular flexibility index (Phi) is 7.31. The highest BCUT2D eigenvalue weighted by atomic mass is 32.2. The molecule has 0 unspecified atom stereocenters. The standard InChI is InChI=1S/C29H25F2N5O3S/c1-18-6-3-4-8-27(18)40(38,39)35-29(37)33-26(14-19-12-22(30)16-23(31)13-19)28-24(7-5-11-32-28)20-9-10-21-17-36(2)34-25(21)15-20/h3-13,15-17,26H,14H2,1-2H3,(H2,33,35,37)/t26-/m0/s1. The van der Waals surface area contributed by atoms with Gasteiger partial charge in [-0.15, -0.1) is 0 Å². The number of nitrogens with zero attached hydrogens (tertiary/aromatic N) is 3. The summed E-state index contributed by atoms with van der Waals surface area (Å²) >= 11 is 0. The summed E-state index contributed by atoms with van der Waals surface area (Å²) in [6.07, 6.45) is 3.34. The molecule has 0 aliphatic carbocycles. The lowest BCUT2D eigenvalue weighted by Gasteiger charge is -2.22. The Morgan fingerprint density at radius 2 is 1.75 bits per heavy atom. The van der Waals surface area contributed by atoms with Gasteiger partial charge in [-0.05, 0) is 60.4 Å². The molecule has 0 aliphatic heterocycles. The molecule has 204 valence electrons. The van der Waals surface area contributed by atoms with Gasteiger partial charge in [0.25, 0.3) is 10.0 Å². The van der Waals surface area contributed by atoms with Crippen LogP contribution in [-0.2, 0) is 23.5 Å². The van der Waals surface area contributed by atoms with Gasteiger partial charge in [-0.2, -0.15) is 5.10 Å². The predicted octanol–water partition coefficient (Wildman–Crippen LogP) is 5.19. The molecule has 0 saturated heterocycles. The molecule has 0 radical (unpaired) electrons. The Morgan fingerprint density at radius 1 is 1.00 bits per heavy atom. The minimum Gasteiger partial charge on any atom is -0.329 e. The highest BCUT2D eigenvalue weighted by molar-refractivity contribution is 7.90. The van der Waals surface area contributed by atoms with Crippen molar-refractivity contribution in [3.05, 3.63) is 114 Å². The SMILES string of the molecule is Cc1ccccc1S(=O)(=O)NC(=O)N[C@@H](Cc1cc(F)cc(F)c1)c1ncccc1-c1ccc2cn(C)nc2c1. The van der Waals surface area contributed by atoms with Crippen molar-refractivity contribution in [2.24, 2.45) is 7.05 Å². The number of aryl methyl sites for hydroxylation is 2. The third-order valence-corrected chi connectivity index (χ3v) is 7.87. The summed E-state index contributed by atoms with van der Waals surface area (Å²) in [6.45, 7) is 1.62. The molecule has 5 rings (SSSR count). The summed E-state index contributed by atoms with van der Waals surface area (Å²) in [5, 5.41) is 8.05. The third-order valence-electron chi connectivity index (χ3n) is 6.38. The molecule has 2 aromatic heterocycles. The summed E-state index contributed by atoms with van der Waals surface area (Å²) in [6, 6.07) is 16.5. The molecule has 0 aliphatic rings. The molecule has 2 amide bonds. The topological polar surface area (TPSA) is 106 Å². The van der Waals surface area contributed by atoms with E-state index in [1.165, 1.54) is 12.3 Å². The predicted molar refractivity (Wildman–Crippen MR) is 147 cm³/mol. The fourth-order valence-corrected chi connectivity index (χ4v) is 5.81. The van der Waals surface area contributed by atoms with Gasteiger partial charge in [0.2, 0.25) is 0 Å². The van der Waals surface area contributed by atoms with E-state index in [-0.39, 0.29) is 16.9 Å². The largest absolute Gasteiger partial charge is 0.329 e. The van der Waals surface area contributed by atoms with Gasteiger partial charge in [-0.25, -0.2) is 26.7 Å². The summed E-state index contributed by atoms with van der Waals surface area (Å²) in [7, 11) is -2.39. The average molecular weight is 562 g/mol. The lowest BCUT2D eigenvalue weighted by atomic mass is 9.95. The minimum absolute atomic E-state index is 0.0453. The van der Waals surface area contributed by atoms with E-state index < -0.39 is 33.7 Å². The van der Waals surface area contributed by atoms with Crippen molar-refractivity contribution in [1.82, 2.24) is 24.8 Å². The Bertz CT molecular complexity index is 1820. The number of hydrogen-bond acceptors (Lipinski definition) is 5. The average Bonchev–Trinajstić information content (AvgIpc) is 3.27. The van der Waals surface area contributed by atoms with E-state index in [4.69, 9.17) is 0 Å². The number of pyridine rings is 1. The fourth-order valence-electron chi connectivity index (χ4n) is 4.65. The van der Waals surface area contributed by atoms with Crippen LogP contribution in [-0.4, -0.2) is 29.2 Å². The zero-order valence-corrected chi connectivity index (χ0v) is 22.4. The van der Waals surface area contributed by atoms with Crippen LogP contribution in [0.5, 0.6) is 0 Å². The van der Waals surface area contributed by atoms with Crippen LogP contribution in [0.3, 0.4) is 0 Å². The minimum atomic E-state index is -4.20. The number of nitrogens with one attached hydrogen (secondary N) is 2. The number of aromatic nitrogens is 3. The van der Waals surface area contributed by atoms with Crippen LogP contribution in [0.1, 0.15) is 22.9 Å². The molecule has 0 spiro atoms. The van der Waals surface area contributed by atoms with Crippen LogP contribution < -0.4 is 10.0 Å². The number of sulfonamides is 1. The molecule has 1 atom stereocenters. The molecule has 2 heterocycles. The van der Waals surface area contributed by atoms with Gasteiger partial charge in [-0.3, -0.25) is 9.67 Å². The van der Waals surface area contributed by atoms with Crippen LogP contribution in [0.15, 0.2) is 90.1 Å². The van der Waals surface area contributed by atoms with Gasteiger partial charge in [-0.1, -0.05) is 36.4 Å². The molecule has 0 saturated carbocycles. The van der Waals surface area contributed by atoms with Crippen molar-refractivity contribution in [1.29, 1.82) is 0 Å². The second kappa shape index (κ2) is 10.9. The molecule has 5 aromatic rings. The van der Waals surface area contributed by atoms with E-state index in [0.29, 0.717) is 16.8 Å². The first-order valence-corrected chi connectivity index (χ1v) is 13.8. The van der Waals surface area contributed by atoms with Gasteiger partial charge in [0.1, 0.15) is 11.6 Å². The van der Waals surface area contributed by atoms with Crippen molar-refractivity contribution < 1.29 is 22.0 Å². The van der Waals surface area contributed by atoms with Gasteiger partial charge in [0, 0.05) is 36.5 Å². The Morgan fingerprint density at radius 3 is 2.50 bits per heavy atom. The zero-order valence-electron chi connectivity index (χ0n) is 21.6. The number of carbonyl (C=O) groups is 1. The van der Waals surface area contributed by atoms with Gasteiger partial charge in [0.05, 0.1) is 22.1 Å². The molecule has 40 heavy (non-hydrogen) atoms. The molecular formula is C29H25F2N5O3S. The van der Waals surface area contributed by atoms with Crippen molar-refractivity contribution in [3.63, 3.8) is 0 Å². The summed E-state index contributed by atoms with van der Waals surface area (Å²) < 4.78 is 57.7. The van der Waals surface area contributed by atoms with E-state index >= 15 is 0 Å². The summed E-state index contributed by atoms with van der Waals surface area (Å²) in [5.74, 6) is -1.55. The van der Waals surface area contributed by atoms with E-state index in [9.17, 15) is 22.0 Å². The highest BCUT2D eigenvalue weighted by Crippen LogP contribution is 2.31. The molecule has 8 nitrogen and oxygen atoms in total. The number of benzene rings is 3. The second-order valence-electron chi connectivity index (χ2n) is 9.39. The zero-order chi connectivity index (χ0) is 28.4. The lowest BCUT2D eigenvalue weighted by Crippen LogP contribution is -2.42. The van der Waals surface area contributed by atoms with Crippen LogP contribution in [0.25, 0.3) is 22.0 Å². The Balaban J connectivity index is 1.53. The van der Waals surface area contributed by atoms with Gasteiger partial charge < -0.3 is 5.32 Å². The first kappa shape index (κ1) is 26.9. The Hall–Kier alpha value is -4.64. The van der Waals surface area contributed by atoms with E-state index in [2.05, 4.69) is 15.4 Å². The molecular weight excluding hydrogens is 536 g/mol. The van der Waals surface area contributed by atoms with E-state index in [1.54, 1.807) is 41.9 Å². The lowest BCUT2D eigenvalue weighted by molar-refractivity contribution is 0.242. The van der Waals surface area contributed by atoms with E-state index in [0.717, 1.165) is 34.7 Å². The second-order valence-corrected chi connectivity index (χ2v) is 11.0. The summed E-state index contributed by atoms with van der Waals surface area (Å²) in [4.78, 5) is 17.5. The van der Waals surface area contributed by atoms with Crippen LogP contribution >= 0.6 is 0 Å². The van der Waals surface area contributed by atoms with E-state index in [1.807, 2.05) is 36.2 Å². The molecule has 11 heteroatoms. The number of hydrogen-bond donors (Lipinski definition) is 2. The quantitative estimate of drug-likeness (QED) is 0.284. The summed E-state index contributed by atoms with van der Waals surface area (Å²) in [5.41, 5.74) is 3.23. The first-order valence-electron chi connectivity index (χ1n) is 12.3. The molecule has 0 fully saturated rings. The normalized spacial score (nSPS) is 12.3. The van der Waals surface area contributed by atoms with Crippen molar-refractivity contribution in [2.75, 3.05) is 0 Å². The number of carbonyl (C=O) groups excluding carboxylic acids is 1. The van der Waals surface area contributed by atoms with Crippen molar-refractivity contribution >= 4 is 27.0 Å². The maximum atomic E-state index is 14.0. The Labute approximate surface area is 229 Å². The highest BCUT2D eigenvalue weighted by Gasteiger charge is 2.25. The molecule has 3 aromatic carbocycles. The fraction of sp³-hybridized carbons (Fsp3) is 0.138.